The maximum absolute atomic E-state index is 12.4. The Labute approximate surface area is 116 Å². The van der Waals surface area contributed by atoms with Gasteiger partial charge in [0.2, 0.25) is 5.91 Å². The van der Waals surface area contributed by atoms with Crippen molar-refractivity contribution in [2.75, 3.05) is 0 Å². The summed E-state index contributed by atoms with van der Waals surface area (Å²) in [6.07, 6.45) is 4.57. The van der Waals surface area contributed by atoms with Crippen LogP contribution in [-0.4, -0.2) is 16.8 Å². The van der Waals surface area contributed by atoms with E-state index in [0.29, 0.717) is 6.54 Å². The van der Waals surface area contributed by atoms with Gasteiger partial charge in [-0.1, -0.05) is 56.7 Å². The first-order valence-electron chi connectivity index (χ1n) is 6.83. The van der Waals surface area contributed by atoms with E-state index in [4.69, 9.17) is 5.73 Å². The molecule has 1 amide bonds. The predicted octanol–water partition coefficient (Wildman–Crippen LogP) is 2.92. The van der Waals surface area contributed by atoms with E-state index in [2.05, 4.69) is 6.92 Å². The Bertz CT molecular complexity index is 414. The van der Waals surface area contributed by atoms with Crippen molar-refractivity contribution in [1.82, 2.24) is 4.90 Å². The van der Waals surface area contributed by atoms with Gasteiger partial charge in [0.05, 0.1) is 12.6 Å². The molecule has 1 rings (SSSR count). The van der Waals surface area contributed by atoms with Gasteiger partial charge in [-0.05, 0) is 18.4 Å². The van der Waals surface area contributed by atoms with Crippen LogP contribution in [0.5, 0.6) is 0 Å². The molecule has 0 saturated heterocycles. The van der Waals surface area contributed by atoms with Gasteiger partial charge in [0.15, 0.2) is 0 Å². The van der Waals surface area contributed by atoms with Gasteiger partial charge in [-0.3, -0.25) is 4.79 Å². The van der Waals surface area contributed by atoms with Crippen LogP contribution in [0, 0.1) is 5.92 Å². The molecule has 2 N–H and O–H groups in total. The normalized spacial score (nSPS) is 14.3. The molecule has 0 radical (unpaired) electrons. The number of hydrogen-bond acceptors (Lipinski definition) is 2. The van der Waals surface area contributed by atoms with Gasteiger partial charge in [0.25, 0.3) is 0 Å². The Morgan fingerprint density at radius 2 is 2.00 bits per heavy atom. The van der Waals surface area contributed by atoms with Gasteiger partial charge in [0, 0.05) is 6.20 Å². The lowest BCUT2D eigenvalue weighted by atomic mass is 9.99. The van der Waals surface area contributed by atoms with Crippen molar-refractivity contribution in [3.63, 3.8) is 0 Å². The summed E-state index contributed by atoms with van der Waals surface area (Å²) in [5.74, 6) is 0.173. The van der Waals surface area contributed by atoms with Crippen molar-refractivity contribution in [3.8, 4) is 0 Å². The number of nitrogens with zero attached hydrogens (tertiary/aromatic N) is 1. The van der Waals surface area contributed by atoms with Crippen LogP contribution in [0.3, 0.4) is 0 Å². The minimum absolute atomic E-state index is 0.0173. The highest BCUT2D eigenvalue weighted by Crippen LogP contribution is 2.12. The molecule has 0 aliphatic rings. The predicted molar refractivity (Wildman–Crippen MR) is 79.2 cm³/mol. The van der Waals surface area contributed by atoms with Crippen LogP contribution in [-0.2, 0) is 11.3 Å². The highest BCUT2D eigenvalue weighted by atomic mass is 16.2. The zero-order valence-electron chi connectivity index (χ0n) is 12.0. The molecule has 2 atom stereocenters. The van der Waals surface area contributed by atoms with Gasteiger partial charge in [-0.2, -0.15) is 0 Å². The lowest BCUT2D eigenvalue weighted by molar-refractivity contribution is -0.131. The maximum Gasteiger partial charge on any atom is 0.244 e. The molecule has 19 heavy (non-hydrogen) atoms. The molecule has 1 aromatic rings. The van der Waals surface area contributed by atoms with Gasteiger partial charge < -0.3 is 10.6 Å². The standard InChI is InChI=1S/C16H24N2O/c1-4-11-18(12-14-9-7-6-8-10-14)16(19)15(17)13(3)5-2/h4,6-11,13,15H,5,12,17H2,1-3H3/b11-4+/t13-,15-/m0/s1. The van der Waals surface area contributed by atoms with Crippen molar-refractivity contribution in [2.45, 2.75) is 39.8 Å². The molecule has 0 saturated carbocycles. The second kappa shape index (κ2) is 7.74. The molecular formula is C16H24N2O. The number of nitrogens with two attached hydrogens (primary N) is 1. The number of allylic oxidation sites excluding steroid dienone is 1. The zero-order valence-corrected chi connectivity index (χ0v) is 12.0. The summed E-state index contributed by atoms with van der Waals surface area (Å²) >= 11 is 0. The van der Waals surface area contributed by atoms with Crippen LogP contribution in [0.15, 0.2) is 42.6 Å². The molecule has 0 heterocycles. The van der Waals surface area contributed by atoms with Crippen molar-refractivity contribution in [2.24, 2.45) is 11.7 Å². The van der Waals surface area contributed by atoms with Crippen LogP contribution in [0.1, 0.15) is 32.8 Å². The first-order chi connectivity index (χ1) is 9.10. The van der Waals surface area contributed by atoms with Crippen molar-refractivity contribution >= 4 is 5.91 Å². The van der Waals surface area contributed by atoms with Gasteiger partial charge in [-0.25, -0.2) is 0 Å². The topological polar surface area (TPSA) is 46.3 Å². The molecule has 0 aromatic heterocycles. The Balaban J connectivity index is 2.80. The summed E-state index contributed by atoms with van der Waals surface area (Å²) in [6.45, 7) is 6.53. The fourth-order valence-electron chi connectivity index (χ4n) is 1.85. The Morgan fingerprint density at radius 3 is 2.53 bits per heavy atom. The van der Waals surface area contributed by atoms with E-state index in [-0.39, 0.29) is 11.8 Å². The average Bonchev–Trinajstić information content (AvgIpc) is 2.45. The summed E-state index contributed by atoms with van der Waals surface area (Å²) in [7, 11) is 0. The average molecular weight is 260 g/mol. The van der Waals surface area contributed by atoms with Crippen LogP contribution < -0.4 is 5.73 Å². The monoisotopic (exact) mass is 260 g/mol. The van der Waals surface area contributed by atoms with Crippen LogP contribution in [0.4, 0.5) is 0 Å². The third-order valence-corrected chi connectivity index (χ3v) is 3.35. The molecule has 1 aromatic carbocycles. The SMILES string of the molecule is C/C=C/N(Cc1ccccc1)C(=O)[C@@H](N)[C@@H](C)CC. The van der Waals surface area contributed by atoms with Gasteiger partial charge in [0.1, 0.15) is 0 Å². The van der Waals surface area contributed by atoms with E-state index >= 15 is 0 Å². The van der Waals surface area contributed by atoms with Crippen LogP contribution >= 0.6 is 0 Å². The van der Waals surface area contributed by atoms with Gasteiger partial charge >= 0.3 is 0 Å². The molecular weight excluding hydrogens is 236 g/mol. The number of benzene rings is 1. The molecule has 104 valence electrons. The molecule has 0 aliphatic carbocycles. The molecule has 0 bridgehead atoms. The summed E-state index contributed by atoms with van der Waals surface area (Å²) < 4.78 is 0. The van der Waals surface area contributed by atoms with E-state index < -0.39 is 6.04 Å². The van der Waals surface area contributed by atoms with Crippen LogP contribution in [0.25, 0.3) is 0 Å². The van der Waals surface area contributed by atoms with Crippen molar-refractivity contribution in [3.05, 3.63) is 48.2 Å². The zero-order chi connectivity index (χ0) is 14.3. The lowest BCUT2D eigenvalue weighted by Crippen LogP contribution is -2.44. The van der Waals surface area contributed by atoms with E-state index in [1.54, 1.807) is 11.1 Å². The highest BCUT2D eigenvalue weighted by molar-refractivity contribution is 5.82. The fraction of sp³-hybridized carbons (Fsp3) is 0.438. The first kappa shape index (κ1) is 15.4. The van der Waals surface area contributed by atoms with Crippen LogP contribution in [0.2, 0.25) is 0 Å². The van der Waals surface area contributed by atoms with E-state index in [1.165, 1.54) is 0 Å². The summed E-state index contributed by atoms with van der Waals surface area (Å²) in [5, 5.41) is 0. The molecule has 3 nitrogen and oxygen atoms in total. The largest absolute Gasteiger partial charge is 0.320 e. The van der Waals surface area contributed by atoms with Gasteiger partial charge in [-0.15, -0.1) is 0 Å². The number of amides is 1. The minimum Gasteiger partial charge on any atom is -0.320 e. The van der Waals surface area contributed by atoms with E-state index in [0.717, 1.165) is 12.0 Å². The minimum atomic E-state index is -0.440. The molecule has 0 unspecified atom stereocenters. The van der Waals surface area contributed by atoms with E-state index in [9.17, 15) is 4.79 Å². The number of rotatable bonds is 6. The third-order valence-electron chi connectivity index (χ3n) is 3.35. The smallest absolute Gasteiger partial charge is 0.244 e. The maximum atomic E-state index is 12.4. The molecule has 0 spiro atoms. The summed E-state index contributed by atoms with van der Waals surface area (Å²) in [5.41, 5.74) is 7.13. The second-order valence-electron chi connectivity index (χ2n) is 4.85. The van der Waals surface area contributed by atoms with E-state index in [1.807, 2.05) is 50.3 Å². The summed E-state index contributed by atoms with van der Waals surface area (Å²) in [4.78, 5) is 14.1. The Hall–Kier alpha value is -1.61. The fourth-order valence-corrected chi connectivity index (χ4v) is 1.85. The number of carbonyl (C=O) groups excluding carboxylic acids is 1. The first-order valence-corrected chi connectivity index (χ1v) is 6.83. The third kappa shape index (κ3) is 4.52. The highest BCUT2D eigenvalue weighted by Gasteiger charge is 2.23. The molecule has 0 fully saturated rings. The van der Waals surface area contributed by atoms with Crippen molar-refractivity contribution < 1.29 is 4.79 Å². The molecule has 3 heteroatoms. The Kier molecular flexibility index (Phi) is 6.30. The number of hydrogen-bond donors (Lipinski definition) is 1. The lowest BCUT2D eigenvalue weighted by Gasteiger charge is -2.25. The second-order valence-corrected chi connectivity index (χ2v) is 4.85. The quantitative estimate of drug-likeness (QED) is 0.855. The Morgan fingerprint density at radius 1 is 1.37 bits per heavy atom. The van der Waals surface area contributed by atoms with Crippen molar-refractivity contribution in [1.29, 1.82) is 0 Å². The molecule has 0 aliphatic heterocycles. The number of carbonyl (C=O) groups is 1. The summed E-state index contributed by atoms with van der Waals surface area (Å²) in [6, 6.07) is 9.50.